The van der Waals surface area contributed by atoms with Gasteiger partial charge in [-0.2, -0.15) is 13.2 Å². The van der Waals surface area contributed by atoms with E-state index in [0.717, 1.165) is 18.2 Å². The van der Waals surface area contributed by atoms with Crippen LogP contribution in [0.4, 0.5) is 24.5 Å². The molecule has 0 aliphatic rings. The number of halogens is 4. The van der Waals surface area contributed by atoms with E-state index in [0.29, 0.717) is 0 Å². The second-order valence-corrected chi connectivity index (χ2v) is 6.42. The Morgan fingerprint density at radius 3 is 2.57 bits per heavy atom. The van der Waals surface area contributed by atoms with Crippen molar-refractivity contribution in [3.05, 3.63) is 87.1 Å². The number of amides is 1. The number of hydrogen-bond donors (Lipinski definition) is 1. The van der Waals surface area contributed by atoms with Crippen molar-refractivity contribution in [3.8, 4) is 11.3 Å². The van der Waals surface area contributed by atoms with E-state index < -0.39 is 22.6 Å². The van der Waals surface area contributed by atoms with Crippen LogP contribution in [0.25, 0.3) is 17.4 Å². The maximum Gasteiger partial charge on any atom is 0.418 e. The highest BCUT2D eigenvalue weighted by molar-refractivity contribution is 6.30. The van der Waals surface area contributed by atoms with Crippen molar-refractivity contribution < 1.29 is 27.3 Å². The van der Waals surface area contributed by atoms with Crippen molar-refractivity contribution in [2.45, 2.75) is 6.18 Å². The van der Waals surface area contributed by atoms with Crippen LogP contribution >= 0.6 is 11.6 Å². The summed E-state index contributed by atoms with van der Waals surface area (Å²) < 4.78 is 44.4. The summed E-state index contributed by atoms with van der Waals surface area (Å²) in [6.45, 7) is 0. The smallest absolute Gasteiger partial charge is 0.418 e. The second-order valence-electron chi connectivity index (χ2n) is 5.99. The first-order valence-electron chi connectivity index (χ1n) is 8.34. The standard InChI is InChI=1S/C20H12ClF3N2O4/c21-12-5-8-14(17(11-12)26(28)29)18-9-6-13(30-18)7-10-19(27)25-16-4-2-1-3-15(16)20(22,23)24/h1-11H,(H,25,27)/b10-7+. The zero-order chi connectivity index (χ0) is 21.9. The molecule has 2 aromatic carbocycles. The van der Waals surface area contributed by atoms with Gasteiger partial charge in [0.05, 0.1) is 21.7 Å². The first kappa shape index (κ1) is 21.1. The number of nitrogens with one attached hydrogen (secondary N) is 1. The van der Waals surface area contributed by atoms with Crippen LogP contribution in [0.1, 0.15) is 11.3 Å². The van der Waals surface area contributed by atoms with Gasteiger partial charge in [0.2, 0.25) is 5.91 Å². The van der Waals surface area contributed by atoms with E-state index in [9.17, 15) is 28.1 Å². The lowest BCUT2D eigenvalue weighted by Gasteiger charge is -2.12. The number of carbonyl (C=O) groups is 1. The quantitative estimate of drug-likeness (QED) is 0.294. The molecule has 3 aromatic rings. The number of nitrogens with zero attached hydrogens (tertiary/aromatic N) is 1. The number of furan rings is 1. The molecule has 0 aliphatic heterocycles. The zero-order valence-electron chi connectivity index (χ0n) is 14.9. The maximum absolute atomic E-state index is 13.0. The summed E-state index contributed by atoms with van der Waals surface area (Å²) in [5.74, 6) is -0.462. The molecule has 1 N–H and O–H groups in total. The van der Waals surface area contributed by atoms with E-state index in [1.807, 2.05) is 0 Å². The summed E-state index contributed by atoms with van der Waals surface area (Å²) >= 11 is 5.78. The van der Waals surface area contributed by atoms with Gasteiger partial charge in [-0.1, -0.05) is 23.7 Å². The number of carbonyl (C=O) groups excluding carboxylic acids is 1. The van der Waals surface area contributed by atoms with Crippen molar-refractivity contribution >= 4 is 35.0 Å². The number of benzene rings is 2. The van der Waals surface area contributed by atoms with Crippen molar-refractivity contribution in [2.24, 2.45) is 0 Å². The number of rotatable bonds is 5. The number of anilines is 1. The largest absolute Gasteiger partial charge is 0.456 e. The molecule has 0 spiro atoms. The van der Waals surface area contributed by atoms with Gasteiger partial charge >= 0.3 is 6.18 Å². The molecule has 0 radical (unpaired) electrons. The Kier molecular flexibility index (Phi) is 5.93. The van der Waals surface area contributed by atoms with Gasteiger partial charge in [-0.25, -0.2) is 0 Å². The number of alkyl halides is 3. The fourth-order valence-electron chi connectivity index (χ4n) is 2.62. The van der Waals surface area contributed by atoms with Crippen molar-refractivity contribution in [1.29, 1.82) is 0 Å². The molecule has 0 unspecified atom stereocenters. The molecule has 0 bridgehead atoms. The van der Waals surface area contributed by atoms with Gasteiger partial charge in [0.1, 0.15) is 11.5 Å². The van der Waals surface area contributed by atoms with Crippen LogP contribution in [-0.2, 0) is 11.0 Å². The molecule has 1 aromatic heterocycles. The van der Waals surface area contributed by atoms with Crippen molar-refractivity contribution in [3.63, 3.8) is 0 Å². The molecule has 30 heavy (non-hydrogen) atoms. The minimum Gasteiger partial charge on any atom is -0.456 e. The Balaban J connectivity index is 1.78. The summed E-state index contributed by atoms with van der Waals surface area (Å²) in [6, 6.07) is 11.6. The van der Waals surface area contributed by atoms with Crippen molar-refractivity contribution in [2.75, 3.05) is 5.32 Å². The van der Waals surface area contributed by atoms with Gasteiger partial charge in [0, 0.05) is 17.2 Å². The van der Waals surface area contributed by atoms with E-state index in [4.69, 9.17) is 16.0 Å². The third kappa shape index (κ3) is 4.87. The minimum absolute atomic E-state index is 0.167. The van der Waals surface area contributed by atoms with E-state index in [2.05, 4.69) is 5.32 Å². The fourth-order valence-corrected chi connectivity index (χ4v) is 2.79. The van der Waals surface area contributed by atoms with Crippen LogP contribution in [0.3, 0.4) is 0 Å². The Bertz CT molecular complexity index is 1140. The maximum atomic E-state index is 13.0. The average Bonchev–Trinajstić information content (AvgIpc) is 3.14. The van der Waals surface area contributed by atoms with Crippen LogP contribution in [0.5, 0.6) is 0 Å². The number of nitro benzene ring substituents is 1. The summed E-state index contributed by atoms with van der Waals surface area (Å²) in [5.41, 5.74) is -1.42. The molecule has 154 valence electrons. The molecular weight excluding hydrogens is 425 g/mol. The fraction of sp³-hybridized carbons (Fsp3) is 0.0500. The van der Waals surface area contributed by atoms with E-state index in [1.54, 1.807) is 0 Å². The predicted octanol–water partition coefficient (Wildman–Crippen LogP) is 6.18. The molecule has 0 saturated heterocycles. The molecule has 1 amide bonds. The normalized spacial score (nSPS) is 11.6. The van der Waals surface area contributed by atoms with Gasteiger partial charge in [0.25, 0.3) is 5.69 Å². The third-order valence-electron chi connectivity index (χ3n) is 3.94. The van der Waals surface area contributed by atoms with Gasteiger partial charge in [-0.15, -0.1) is 0 Å². The molecule has 6 nitrogen and oxygen atoms in total. The molecule has 0 aliphatic carbocycles. The van der Waals surface area contributed by atoms with Crippen LogP contribution < -0.4 is 5.32 Å². The molecule has 0 saturated carbocycles. The van der Waals surface area contributed by atoms with Crippen LogP contribution in [0.2, 0.25) is 5.02 Å². The Hall–Kier alpha value is -3.59. The lowest BCUT2D eigenvalue weighted by atomic mass is 10.1. The summed E-state index contributed by atoms with van der Waals surface area (Å²) in [5, 5.41) is 13.6. The first-order valence-corrected chi connectivity index (χ1v) is 8.72. The minimum atomic E-state index is -4.61. The summed E-state index contributed by atoms with van der Waals surface area (Å²) in [6.07, 6.45) is -2.39. The lowest BCUT2D eigenvalue weighted by Crippen LogP contribution is -2.14. The van der Waals surface area contributed by atoms with Crippen LogP contribution in [0.15, 0.2) is 65.1 Å². The summed E-state index contributed by atoms with van der Waals surface area (Å²) in [7, 11) is 0. The molecule has 10 heteroatoms. The van der Waals surface area contributed by atoms with Crippen LogP contribution in [-0.4, -0.2) is 10.8 Å². The van der Waals surface area contributed by atoms with Gasteiger partial charge in [-0.3, -0.25) is 14.9 Å². The van der Waals surface area contributed by atoms with Gasteiger partial charge in [-0.05, 0) is 42.5 Å². The third-order valence-corrected chi connectivity index (χ3v) is 4.17. The number of nitro groups is 1. The molecular formula is C20H12ClF3N2O4. The molecule has 3 rings (SSSR count). The zero-order valence-corrected chi connectivity index (χ0v) is 15.7. The van der Waals surface area contributed by atoms with Gasteiger partial charge in [0.15, 0.2) is 0 Å². The molecule has 0 atom stereocenters. The Labute approximate surface area is 172 Å². The van der Waals surface area contributed by atoms with E-state index >= 15 is 0 Å². The highest BCUT2D eigenvalue weighted by atomic mass is 35.5. The first-order chi connectivity index (χ1) is 14.1. The predicted molar refractivity (Wildman–Crippen MR) is 105 cm³/mol. The van der Waals surface area contributed by atoms with E-state index in [1.165, 1.54) is 48.5 Å². The second kappa shape index (κ2) is 8.42. The van der Waals surface area contributed by atoms with Gasteiger partial charge < -0.3 is 9.73 Å². The van der Waals surface area contributed by atoms with E-state index in [-0.39, 0.29) is 33.5 Å². The summed E-state index contributed by atoms with van der Waals surface area (Å²) in [4.78, 5) is 22.6. The average molecular weight is 437 g/mol. The topological polar surface area (TPSA) is 85.4 Å². The highest BCUT2D eigenvalue weighted by Gasteiger charge is 2.33. The highest BCUT2D eigenvalue weighted by Crippen LogP contribution is 2.35. The molecule has 0 fully saturated rings. The monoisotopic (exact) mass is 436 g/mol. The lowest BCUT2D eigenvalue weighted by molar-refractivity contribution is -0.384. The van der Waals surface area contributed by atoms with Crippen molar-refractivity contribution in [1.82, 2.24) is 0 Å². The van der Waals surface area contributed by atoms with Crippen LogP contribution in [0, 0.1) is 10.1 Å². The Morgan fingerprint density at radius 2 is 1.87 bits per heavy atom. The molecule has 1 heterocycles. The Morgan fingerprint density at radius 1 is 1.13 bits per heavy atom. The SMILES string of the molecule is O=C(/C=C/c1ccc(-c2ccc(Cl)cc2[N+](=O)[O-])o1)Nc1ccccc1C(F)(F)F. The number of hydrogen-bond acceptors (Lipinski definition) is 4. The number of para-hydroxylation sites is 1.